The van der Waals surface area contributed by atoms with E-state index in [0.29, 0.717) is 41.2 Å². The van der Waals surface area contributed by atoms with Crippen molar-refractivity contribution in [1.29, 1.82) is 0 Å². The quantitative estimate of drug-likeness (QED) is 0.858. The summed E-state index contributed by atoms with van der Waals surface area (Å²) >= 11 is 6.03. The first-order valence-corrected chi connectivity index (χ1v) is 8.19. The topological polar surface area (TPSA) is 69.6 Å². The van der Waals surface area contributed by atoms with Crippen LogP contribution in [0.1, 0.15) is 12.8 Å². The molecule has 1 atom stereocenters. The molecule has 2 aromatic rings. The lowest BCUT2D eigenvalue weighted by atomic mass is 10.0. The van der Waals surface area contributed by atoms with Crippen molar-refractivity contribution in [3.8, 4) is 11.1 Å². The molecule has 2 N–H and O–H groups in total. The van der Waals surface area contributed by atoms with Gasteiger partial charge < -0.3 is 15.3 Å². The summed E-state index contributed by atoms with van der Waals surface area (Å²) in [7, 11) is 0. The Morgan fingerprint density at radius 1 is 1.20 bits per heavy atom. The number of halogens is 2. The zero-order valence-electron chi connectivity index (χ0n) is 13.2. The molecule has 2 amide bonds. The van der Waals surface area contributed by atoms with E-state index >= 15 is 0 Å². The third-order valence-corrected chi connectivity index (χ3v) is 4.41. The largest absolute Gasteiger partial charge is 0.480 e. The van der Waals surface area contributed by atoms with Gasteiger partial charge in [0.15, 0.2) is 0 Å². The lowest BCUT2D eigenvalue weighted by Gasteiger charge is -2.23. The number of nitrogens with zero attached hydrogens (tertiary/aromatic N) is 1. The van der Waals surface area contributed by atoms with Crippen LogP contribution in [0.5, 0.6) is 0 Å². The van der Waals surface area contributed by atoms with E-state index < -0.39 is 18.0 Å². The number of benzene rings is 2. The zero-order chi connectivity index (χ0) is 18.0. The van der Waals surface area contributed by atoms with Crippen molar-refractivity contribution in [3.05, 3.63) is 53.3 Å². The molecule has 7 heteroatoms. The Morgan fingerprint density at radius 3 is 2.60 bits per heavy atom. The van der Waals surface area contributed by atoms with Gasteiger partial charge in [-0.05, 0) is 42.7 Å². The number of hydrogen-bond donors (Lipinski definition) is 2. The number of carboxylic acid groups (broad SMARTS) is 1. The zero-order valence-corrected chi connectivity index (χ0v) is 14.0. The molecule has 2 aromatic carbocycles. The Kier molecular flexibility index (Phi) is 4.90. The summed E-state index contributed by atoms with van der Waals surface area (Å²) < 4.78 is 13.1. The first-order chi connectivity index (χ1) is 12.0. The lowest BCUT2D eigenvalue weighted by Crippen LogP contribution is -2.42. The van der Waals surface area contributed by atoms with Crippen molar-refractivity contribution in [1.82, 2.24) is 4.90 Å². The number of likely N-dealkylation sites (tertiary alicyclic amines) is 1. The number of carbonyl (C=O) groups is 2. The van der Waals surface area contributed by atoms with Gasteiger partial charge in [-0.1, -0.05) is 29.8 Å². The molecule has 0 radical (unpaired) electrons. The Hall–Kier alpha value is -2.60. The van der Waals surface area contributed by atoms with Gasteiger partial charge in [-0.3, -0.25) is 0 Å². The van der Waals surface area contributed by atoms with E-state index in [-0.39, 0.29) is 5.82 Å². The highest BCUT2D eigenvalue weighted by Crippen LogP contribution is 2.31. The molecular formula is C18H16ClFN2O3. The number of anilines is 1. The van der Waals surface area contributed by atoms with Crippen LogP contribution >= 0.6 is 11.6 Å². The number of rotatable bonds is 3. The molecule has 0 bridgehead atoms. The van der Waals surface area contributed by atoms with Crippen molar-refractivity contribution in [3.63, 3.8) is 0 Å². The van der Waals surface area contributed by atoms with Crippen LogP contribution in [0.4, 0.5) is 14.9 Å². The maximum atomic E-state index is 13.1. The molecule has 0 aliphatic carbocycles. The second-order valence-electron chi connectivity index (χ2n) is 5.82. The van der Waals surface area contributed by atoms with Crippen LogP contribution < -0.4 is 5.32 Å². The van der Waals surface area contributed by atoms with E-state index in [4.69, 9.17) is 11.6 Å². The first kappa shape index (κ1) is 17.2. The third kappa shape index (κ3) is 3.74. The molecule has 0 aromatic heterocycles. The Bertz CT molecular complexity index is 810. The fraction of sp³-hybridized carbons (Fsp3) is 0.222. The van der Waals surface area contributed by atoms with Gasteiger partial charge in [0.05, 0.1) is 5.69 Å². The fourth-order valence-corrected chi connectivity index (χ4v) is 3.13. The van der Waals surface area contributed by atoms with Crippen LogP contribution in [0.2, 0.25) is 5.02 Å². The minimum atomic E-state index is -1.02. The number of urea groups is 1. The van der Waals surface area contributed by atoms with Gasteiger partial charge in [0.2, 0.25) is 0 Å². The van der Waals surface area contributed by atoms with Crippen LogP contribution in [0, 0.1) is 5.82 Å². The second-order valence-corrected chi connectivity index (χ2v) is 6.25. The highest BCUT2D eigenvalue weighted by molar-refractivity contribution is 6.31. The first-order valence-electron chi connectivity index (χ1n) is 7.81. The predicted molar refractivity (Wildman–Crippen MR) is 93.2 cm³/mol. The Labute approximate surface area is 149 Å². The van der Waals surface area contributed by atoms with Crippen LogP contribution in [-0.2, 0) is 4.79 Å². The number of aliphatic carboxylic acids is 1. The summed E-state index contributed by atoms with van der Waals surface area (Å²) in [6.45, 7) is 0.384. The predicted octanol–water partition coefficient (Wildman–Crippen LogP) is 4.23. The van der Waals surface area contributed by atoms with Crippen LogP contribution in [0.25, 0.3) is 11.1 Å². The maximum Gasteiger partial charge on any atom is 0.326 e. The maximum absolute atomic E-state index is 13.1. The monoisotopic (exact) mass is 362 g/mol. The average molecular weight is 363 g/mol. The average Bonchev–Trinajstić information content (AvgIpc) is 3.06. The van der Waals surface area contributed by atoms with Crippen molar-refractivity contribution in [2.75, 3.05) is 11.9 Å². The number of hydrogen-bond acceptors (Lipinski definition) is 2. The number of carbonyl (C=O) groups excluding carboxylic acids is 1. The van der Waals surface area contributed by atoms with E-state index in [1.807, 2.05) is 0 Å². The van der Waals surface area contributed by atoms with Gasteiger partial charge in [-0.25, -0.2) is 14.0 Å². The number of nitrogens with one attached hydrogen (secondary N) is 1. The van der Waals surface area contributed by atoms with Crippen molar-refractivity contribution in [2.45, 2.75) is 18.9 Å². The second kappa shape index (κ2) is 7.11. The molecule has 1 heterocycles. The summed E-state index contributed by atoms with van der Waals surface area (Å²) in [5.74, 6) is -1.37. The number of carboxylic acids is 1. The van der Waals surface area contributed by atoms with E-state index in [9.17, 15) is 19.1 Å². The van der Waals surface area contributed by atoms with Crippen LogP contribution in [0.15, 0.2) is 42.5 Å². The van der Waals surface area contributed by atoms with E-state index in [1.54, 1.807) is 30.3 Å². The summed E-state index contributed by atoms with van der Waals surface area (Å²) in [6, 6.07) is 9.53. The molecule has 5 nitrogen and oxygen atoms in total. The van der Waals surface area contributed by atoms with Gasteiger partial charge in [0, 0.05) is 17.1 Å². The molecule has 0 spiro atoms. The molecule has 1 fully saturated rings. The summed E-state index contributed by atoms with van der Waals surface area (Å²) in [4.78, 5) is 25.1. The van der Waals surface area contributed by atoms with Crippen molar-refractivity contribution < 1.29 is 19.1 Å². The summed E-state index contributed by atoms with van der Waals surface area (Å²) in [5, 5.41) is 12.4. The van der Waals surface area contributed by atoms with E-state index in [1.165, 1.54) is 17.0 Å². The van der Waals surface area contributed by atoms with Crippen LogP contribution in [0.3, 0.4) is 0 Å². The van der Waals surface area contributed by atoms with Gasteiger partial charge >= 0.3 is 12.0 Å². The molecule has 25 heavy (non-hydrogen) atoms. The highest BCUT2D eigenvalue weighted by atomic mass is 35.5. The van der Waals surface area contributed by atoms with Crippen LogP contribution in [-0.4, -0.2) is 34.6 Å². The molecule has 130 valence electrons. The normalized spacial score (nSPS) is 16.7. The van der Waals surface area contributed by atoms with E-state index in [0.717, 1.165) is 0 Å². The molecule has 0 saturated carbocycles. The highest BCUT2D eigenvalue weighted by Gasteiger charge is 2.34. The van der Waals surface area contributed by atoms with Gasteiger partial charge in [-0.2, -0.15) is 0 Å². The van der Waals surface area contributed by atoms with E-state index in [2.05, 4.69) is 5.32 Å². The number of amides is 2. The molecular weight excluding hydrogens is 347 g/mol. The molecule has 1 aliphatic rings. The third-order valence-electron chi connectivity index (χ3n) is 4.18. The fourth-order valence-electron chi connectivity index (χ4n) is 2.95. The van der Waals surface area contributed by atoms with Gasteiger partial charge in [0.1, 0.15) is 11.9 Å². The summed E-state index contributed by atoms with van der Waals surface area (Å²) in [5.41, 5.74) is 1.83. The van der Waals surface area contributed by atoms with Crippen molar-refractivity contribution in [2.24, 2.45) is 0 Å². The Morgan fingerprint density at radius 2 is 1.92 bits per heavy atom. The lowest BCUT2D eigenvalue weighted by molar-refractivity contribution is -0.141. The van der Waals surface area contributed by atoms with Crippen molar-refractivity contribution >= 4 is 29.3 Å². The van der Waals surface area contributed by atoms with Gasteiger partial charge in [-0.15, -0.1) is 0 Å². The molecule has 0 unspecified atom stereocenters. The Balaban J connectivity index is 1.89. The smallest absolute Gasteiger partial charge is 0.326 e. The summed E-state index contributed by atoms with van der Waals surface area (Å²) in [6.07, 6.45) is 1.08. The molecule has 1 aliphatic heterocycles. The van der Waals surface area contributed by atoms with Gasteiger partial charge in [0.25, 0.3) is 0 Å². The standard InChI is InChI=1S/C18H16ClFN2O3/c19-12-5-8-14(11-3-6-13(20)7-4-11)15(10-12)21-18(25)22-9-1-2-16(22)17(23)24/h3-8,10,16H,1-2,9H2,(H,21,25)(H,23,24)/t16-/m1/s1. The minimum Gasteiger partial charge on any atom is -0.480 e. The minimum absolute atomic E-state index is 0.357. The molecule has 3 rings (SSSR count). The molecule has 1 saturated heterocycles. The SMILES string of the molecule is O=C(O)[C@H]1CCCN1C(=O)Nc1cc(Cl)ccc1-c1ccc(F)cc1.